The second-order valence-corrected chi connectivity index (χ2v) is 6.94. The van der Waals surface area contributed by atoms with E-state index >= 15 is 0 Å². The zero-order valence-corrected chi connectivity index (χ0v) is 14.5. The highest BCUT2D eigenvalue weighted by atomic mass is 16.5. The Balaban J connectivity index is 1.61. The number of morpholine rings is 1. The average Bonchev–Trinajstić information content (AvgIpc) is 2.65. The number of rotatable bonds is 2. The average molecular weight is 341 g/mol. The van der Waals surface area contributed by atoms with E-state index in [9.17, 15) is 9.59 Å². The number of ether oxygens (including phenoxy) is 1. The predicted molar refractivity (Wildman–Crippen MR) is 94.4 cm³/mol. The SMILES string of the molecule is Cc1nn(CC(=O)N2CCO[C@H]3CCCC[C@@H]32)c(=O)c2ccccc12. The highest BCUT2D eigenvalue weighted by molar-refractivity contribution is 5.83. The highest BCUT2D eigenvalue weighted by Crippen LogP contribution is 2.28. The van der Waals surface area contributed by atoms with Crippen molar-refractivity contribution in [3.05, 3.63) is 40.3 Å². The lowest BCUT2D eigenvalue weighted by molar-refractivity contribution is -0.150. The normalized spacial score (nSPS) is 23.5. The monoisotopic (exact) mass is 341 g/mol. The van der Waals surface area contributed by atoms with Crippen molar-refractivity contribution in [2.45, 2.75) is 51.3 Å². The molecule has 0 unspecified atom stereocenters. The third-order valence-electron chi connectivity index (χ3n) is 5.39. The first-order valence-corrected chi connectivity index (χ1v) is 9.02. The summed E-state index contributed by atoms with van der Waals surface area (Å²) in [5.41, 5.74) is 0.559. The van der Waals surface area contributed by atoms with Crippen molar-refractivity contribution < 1.29 is 9.53 Å². The molecule has 1 aliphatic carbocycles. The molecule has 1 aliphatic heterocycles. The molecule has 25 heavy (non-hydrogen) atoms. The van der Waals surface area contributed by atoms with Crippen LogP contribution >= 0.6 is 0 Å². The first-order valence-electron chi connectivity index (χ1n) is 9.02. The van der Waals surface area contributed by atoms with E-state index in [1.165, 1.54) is 4.68 Å². The third kappa shape index (κ3) is 2.95. The Labute approximate surface area is 146 Å². The van der Waals surface area contributed by atoms with Gasteiger partial charge in [0.2, 0.25) is 5.91 Å². The van der Waals surface area contributed by atoms with Gasteiger partial charge in [-0.3, -0.25) is 9.59 Å². The molecule has 1 saturated heterocycles. The fourth-order valence-electron chi connectivity index (χ4n) is 4.14. The molecule has 1 aromatic carbocycles. The molecule has 2 aliphatic rings. The molecule has 6 nitrogen and oxygen atoms in total. The molecule has 2 fully saturated rings. The minimum Gasteiger partial charge on any atom is -0.374 e. The summed E-state index contributed by atoms with van der Waals surface area (Å²) in [6.07, 6.45) is 4.43. The van der Waals surface area contributed by atoms with Crippen LogP contribution < -0.4 is 5.56 Å². The molecule has 0 N–H and O–H groups in total. The first-order chi connectivity index (χ1) is 12.1. The van der Waals surface area contributed by atoms with Gasteiger partial charge in [-0.25, -0.2) is 4.68 Å². The summed E-state index contributed by atoms with van der Waals surface area (Å²) < 4.78 is 7.15. The van der Waals surface area contributed by atoms with Crippen LogP contribution in [0.5, 0.6) is 0 Å². The number of carbonyl (C=O) groups is 1. The molecule has 2 atom stereocenters. The standard InChI is InChI=1S/C19H23N3O3/c1-13-14-6-2-3-7-15(14)19(24)22(20-13)12-18(23)21-10-11-25-17-9-5-4-8-16(17)21/h2-3,6-7,16-17H,4-5,8-12H2,1H3/t16-,17-/m0/s1. The summed E-state index contributed by atoms with van der Waals surface area (Å²) in [5.74, 6) is -0.0375. The summed E-state index contributed by atoms with van der Waals surface area (Å²) in [7, 11) is 0. The highest BCUT2D eigenvalue weighted by Gasteiger charge is 2.36. The summed E-state index contributed by atoms with van der Waals surface area (Å²) in [4.78, 5) is 27.5. The molecule has 1 amide bonds. The van der Waals surface area contributed by atoms with E-state index in [2.05, 4.69) is 5.10 Å². The zero-order valence-electron chi connectivity index (χ0n) is 14.5. The van der Waals surface area contributed by atoms with Crippen molar-refractivity contribution in [3.8, 4) is 0 Å². The van der Waals surface area contributed by atoms with E-state index < -0.39 is 0 Å². The van der Waals surface area contributed by atoms with Crippen molar-refractivity contribution in [1.29, 1.82) is 0 Å². The van der Waals surface area contributed by atoms with Crippen LogP contribution in [0.25, 0.3) is 10.8 Å². The fraction of sp³-hybridized carbons (Fsp3) is 0.526. The zero-order chi connectivity index (χ0) is 17.4. The van der Waals surface area contributed by atoms with E-state index in [0.717, 1.165) is 36.8 Å². The van der Waals surface area contributed by atoms with Crippen LogP contribution in [0.4, 0.5) is 0 Å². The second kappa shape index (κ2) is 6.59. The molecule has 0 radical (unpaired) electrons. The Morgan fingerprint density at radius 1 is 1.24 bits per heavy atom. The Kier molecular flexibility index (Phi) is 4.29. The minimum absolute atomic E-state index is 0.00622. The van der Waals surface area contributed by atoms with Gasteiger partial charge in [0.25, 0.3) is 5.56 Å². The smallest absolute Gasteiger partial charge is 0.275 e. The maximum atomic E-state index is 12.9. The van der Waals surface area contributed by atoms with Crippen molar-refractivity contribution in [1.82, 2.24) is 14.7 Å². The number of aryl methyl sites for hydroxylation is 1. The van der Waals surface area contributed by atoms with Crippen LogP contribution in [0.15, 0.2) is 29.1 Å². The van der Waals surface area contributed by atoms with E-state index in [4.69, 9.17) is 4.74 Å². The van der Waals surface area contributed by atoms with Gasteiger partial charge >= 0.3 is 0 Å². The molecule has 132 valence electrons. The molecule has 2 aromatic rings. The van der Waals surface area contributed by atoms with Gasteiger partial charge < -0.3 is 9.64 Å². The predicted octanol–water partition coefficient (Wildman–Crippen LogP) is 1.87. The van der Waals surface area contributed by atoms with Gasteiger partial charge in [-0.05, 0) is 25.8 Å². The van der Waals surface area contributed by atoms with Crippen molar-refractivity contribution in [2.24, 2.45) is 0 Å². The molecule has 4 rings (SSSR count). The van der Waals surface area contributed by atoms with E-state index in [1.807, 2.05) is 30.0 Å². The molecule has 0 bridgehead atoms. The molecular formula is C19H23N3O3. The number of aromatic nitrogens is 2. The summed E-state index contributed by atoms with van der Waals surface area (Å²) in [5, 5.41) is 5.82. The second-order valence-electron chi connectivity index (χ2n) is 6.94. The van der Waals surface area contributed by atoms with Crippen molar-refractivity contribution >= 4 is 16.7 Å². The maximum absolute atomic E-state index is 12.9. The Morgan fingerprint density at radius 3 is 2.84 bits per heavy atom. The first kappa shape index (κ1) is 16.3. The van der Waals surface area contributed by atoms with Crippen molar-refractivity contribution in [3.63, 3.8) is 0 Å². The number of fused-ring (bicyclic) bond motifs is 2. The summed E-state index contributed by atoms with van der Waals surface area (Å²) >= 11 is 0. The summed E-state index contributed by atoms with van der Waals surface area (Å²) in [6, 6.07) is 7.55. The number of carbonyl (C=O) groups excluding carboxylic acids is 1. The molecule has 1 aromatic heterocycles. The van der Waals surface area contributed by atoms with E-state index in [1.54, 1.807) is 6.07 Å². The number of benzene rings is 1. The Morgan fingerprint density at radius 2 is 2.00 bits per heavy atom. The van der Waals surface area contributed by atoms with Crippen LogP contribution in [0.2, 0.25) is 0 Å². The van der Waals surface area contributed by atoms with Crippen LogP contribution in [0.1, 0.15) is 31.4 Å². The van der Waals surface area contributed by atoms with E-state index in [-0.39, 0.29) is 30.2 Å². The minimum atomic E-state index is -0.206. The topological polar surface area (TPSA) is 64.4 Å². The Hall–Kier alpha value is -2.21. The van der Waals surface area contributed by atoms with Gasteiger partial charge in [0.05, 0.1) is 29.8 Å². The fourth-order valence-corrected chi connectivity index (χ4v) is 4.14. The molecular weight excluding hydrogens is 318 g/mol. The van der Waals surface area contributed by atoms with Crippen LogP contribution in [-0.4, -0.2) is 45.9 Å². The molecule has 6 heteroatoms. The van der Waals surface area contributed by atoms with Gasteiger partial charge in [0, 0.05) is 11.9 Å². The van der Waals surface area contributed by atoms with Gasteiger partial charge in [0.1, 0.15) is 6.54 Å². The Bertz CT molecular complexity index is 859. The van der Waals surface area contributed by atoms with Crippen molar-refractivity contribution in [2.75, 3.05) is 13.2 Å². The lowest BCUT2D eigenvalue weighted by atomic mass is 9.90. The van der Waals surface area contributed by atoms with Crippen LogP contribution in [-0.2, 0) is 16.1 Å². The number of hydrogen-bond acceptors (Lipinski definition) is 4. The quantitative estimate of drug-likeness (QED) is 0.836. The van der Waals surface area contributed by atoms with Crippen LogP contribution in [0, 0.1) is 6.92 Å². The van der Waals surface area contributed by atoms with Crippen LogP contribution in [0.3, 0.4) is 0 Å². The lowest BCUT2D eigenvalue weighted by Gasteiger charge is -2.43. The van der Waals surface area contributed by atoms with E-state index in [0.29, 0.717) is 18.5 Å². The van der Waals surface area contributed by atoms with Gasteiger partial charge in [0.15, 0.2) is 0 Å². The largest absolute Gasteiger partial charge is 0.374 e. The van der Waals surface area contributed by atoms with Gasteiger partial charge in [-0.15, -0.1) is 0 Å². The molecule has 2 heterocycles. The number of nitrogens with zero attached hydrogens (tertiary/aromatic N) is 3. The third-order valence-corrected chi connectivity index (χ3v) is 5.39. The lowest BCUT2D eigenvalue weighted by Crippen LogP contribution is -2.55. The van der Waals surface area contributed by atoms with Gasteiger partial charge in [-0.1, -0.05) is 31.0 Å². The van der Waals surface area contributed by atoms with Gasteiger partial charge in [-0.2, -0.15) is 5.10 Å². The number of amides is 1. The number of hydrogen-bond donors (Lipinski definition) is 0. The molecule has 1 saturated carbocycles. The molecule has 0 spiro atoms. The maximum Gasteiger partial charge on any atom is 0.275 e. The summed E-state index contributed by atoms with van der Waals surface area (Å²) in [6.45, 7) is 3.04.